The second kappa shape index (κ2) is 19.4. The Hall–Kier alpha value is -1.57. The van der Waals surface area contributed by atoms with Gasteiger partial charge in [0.2, 0.25) is 0 Å². The van der Waals surface area contributed by atoms with Crippen molar-refractivity contribution >= 4 is 5.97 Å². The second-order valence-electron chi connectivity index (χ2n) is 8.51. The smallest absolute Gasteiger partial charge is 0.306 e. The van der Waals surface area contributed by atoms with E-state index in [0.29, 0.717) is 6.42 Å². The lowest BCUT2D eigenvalue weighted by Gasteiger charge is -2.17. The zero-order valence-electron chi connectivity index (χ0n) is 19.7. The Labute approximate surface area is 186 Å². The summed E-state index contributed by atoms with van der Waals surface area (Å²) in [5.41, 5.74) is 1.11. The van der Waals surface area contributed by atoms with Crippen molar-refractivity contribution in [1.29, 1.82) is 0 Å². The number of carbonyl (C=O) groups excluding carboxylic acids is 1. The summed E-state index contributed by atoms with van der Waals surface area (Å²) in [6.45, 7) is 4.40. The number of ether oxygens (including phenoxy) is 1. The maximum Gasteiger partial charge on any atom is 0.306 e. The van der Waals surface area contributed by atoms with E-state index < -0.39 is 0 Å². The van der Waals surface area contributed by atoms with Gasteiger partial charge in [-0.25, -0.2) is 0 Å². The lowest BCUT2D eigenvalue weighted by Crippen LogP contribution is -2.11. The Morgan fingerprint density at radius 2 is 1.33 bits per heavy atom. The second-order valence-corrected chi connectivity index (χ2v) is 8.51. The first kappa shape index (κ1) is 26.5. The molecule has 1 aromatic carbocycles. The SMILES string of the molecule is CCCCCC/C=C/CCCCCCCCCC(=O)OC(CCC)c1ccccc1. The van der Waals surface area contributed by atoms with Crippen LogP contribution in [0.1, 0.15) is 128 Å². The third-order valence-corrected chi connectivity index (χ3v) is 5.64. The van der Waals surface area contributed by atoms with Gasteiger partial charge in [-0.15, -0.1) is 0 Å². The maximum atomic E-state index is 12.2. The molecule has 0 radical (unpaired) electrons. The molecular weight excluding hydrogens is 368 g/mol. The van der Waals surface area contributed by atoms with Gasteiger partial charge in [-0.2, -0.15) is 0 Å². The Morgan fingerprint density at radius 3 is 1.93 bits per heavy atom. The number of allylic oxidation sites excluding steroid dienone is 2. The van der Waals surface area contributed by atoms with E-state index in [0.717, 1.165) is 31.2 Å². The molecule has 1 atom stereocenters. The molecule has 1 unspecified atom stereocenters. The van der Waals surface area contributed by atoms with Crippen LogP contribution in [0, 0.1) is 0 Å². The number of hydrogen-bond donors (Lipinski definition) is 0. The highest BCUT2D eigenvalue weighted by Gasteiger charge is 2.15. The van der Waals surface area contributed by atoms with Crippen LogP contribution in [0.3, 0.4) is 0 Å². The fourth-order valence-electron chi connectivity index (χ4n) is 3.78. The molecule has 0 aliphatic carbocycles. The molecule has 0 aliphatic rings. The van der Waals surface area contributed by atoms with E-state index in [1.807, 2.05) is 18.2 Å². The number of unbranched alkanes of at least 4 members (excludes halogenated alkanes) is 11. The molecule has 0 heterocycles. The molecule has 0 fully saturated rings. The van der Waals surface area contributed by atoms with Gasteiger partial charge < -0.3 is 4.74 Å². The Balaban J connectivity index is 1.97. The molecule has 0 amide bonds. The van der Waals surface area contributed by atoms with Crippen molar-refractivity contribution in [3.63, 3.8) is 0 Å². The van der Waals surface area contributed by atoms with Crippen molar-refractivity contribution in [1.82, 2.24) is 0 Å². The molecule has 0 bridgehead atoms. The number of benzene rings is 1. The molecule has 0 aromatic heterocycles. The van der Waals surface area contributed by atoms with Gasteiger partial charge in [-0.3, -0.25) is 4.79 Å². The molecule has 1 rings (SSSR count). The summed E-state index contributed by atoms with van der Waals surface area (Å²) in [6, 6.07) is 10.1. The van der Waals surface area contributed by atoms with Crippen molar-refractivity contribution in [3.8, 4) is 0 Å². The largest absolute Gasteiger partial charge is 0.457 e. The average molecular weight is 415 g/mol. The minimum absolute atomic E-state index is 0.0428. The number of esters is 1. The fraction of sp³-hybridized carbons (Fsp3) is 0.679. The van der Waals surface area contributed by atoms with Crippen molar-refractivity contribution in [2.45, 2.75) is 123 Å². The van der Waals surface area contributed by atoms with Crippen molar-refractivity contribution in [3.05, 3.63) is 48.0 Å². The van der Waals surface area contributed by atoms with Crippen LogP contribution in [0.5, 0.6) is 0 Å². The Bertz CT molecular complexity index is 535. The number of carbonyl (C=O) groups is 1. The van der Waals surface area contributed by atoms with Gasteiger partial charge in [0, 0.05) is 6.42 Å². The summed E-state index contributed by atoms with van der Waals surface area (Å²) in [6.07, 6.45) is 23.6. The highest BCUT2D eigenvalue weighted by molar-refractivity contribution is 5.69. The summed E-state index contributed by atoms with van der Waals surface area (Å²) in [5.74, 6) is -0.0428. The number of hydrogen-bond acceptors (Lipinski definition) is 2. The third kappa shape index (κ3) is 14.4. The van der Waals surface area contributed by atoms with Gasteiger partial charge in [0.15, 0.2) is 0 Å². The van der Waals surface area contributed by atoms with Crippen LogP contribution in [0.4, 0.5) is 0 Å². The molecule has 2 heteroatoms. The van der Waals surface area contributed by atoms with Crippen LogP contribution in [0.25, 0.3) is 0 Å². The quantitative estimate of drug-likeness (QED) is 0.128. The predicted molar refractivity (Wildman–Crippen MR) is 130 cm³/mol. The van der Waals surface area contributed by atoms with E-state index in [1.54, 1.807) is 0 Å². The van der Waals surface area contributed by atoms with E-state index in [4.69, 9.17) is 4.74 Å². The topological polar surface area (TPSA) is 26.3 Å². The van der Waals surface area contributed by atoms with Crippen LogP contribution >= 0.6 is 0 Å². The third-order valence-electron chi connectivity index (χ3n) is 5.64. The van der Waals surface area contributed by atoms with Gasteiger partial charge in [-0.05, 0) is 44.1 Å². The zero-order chi connectivity index (χ0) is 21.7. The molecule has 0 spiro atoms. The highest BCUT2D eigenvalue weighted by atomic mass is 16.5. The minimum atomic E-state index is -0.0888. The number of rotatable bonds is 19. The van der Waals surface area contributed by atoms with Gasteiger partial charge in [0.1, 0.15) is 6.10 Å². The van der Waals surface area contributed by atoms with E-state index >= 15 is 0 Å². The molecule has 0 saturated heterocycles. The monoisotopic (exact) mass is 414 g/mol. The highest BCUT2D eigenvalue weighted by Crippen LogP contribution is 2.23. The molecule has 0 aliphatic heterocycles. The van der Waals surface area contributed by atoms with Crippen molar-refractivity contribution in [2.75, 3.05) is 0 Å². The summed E-state index contributed by atoms with van der Waals surface area (Å²) >= 11 is 0. The van der Waals surface area contributed by atoms with Crippen LogP contribution in [0.2, 0.25) is 0 Å². The lowest BCUT2D eigenvalue weighted by molar-refractivity contribution is -0.150. The van der Waals surface area contributed by atoms with Crippen LogP contribution < -0.4 is 0 Å². The van der Waals surface area contributed by atoms with Gasteiger partial charge in [0.05, 0.1) is 0 Å². The van der Waals surface area contributed by atoms with Crippen molar-refractivity contribution in [2.24, 2.45) is 0 Å². The van der Waals surface area contributed by atoms with E-state index in [2.05, 4.69) is 38.1 Å². The summed E-state index contributed by atoms with van der Waals surface area (Å²) in [4.78, 5) is 12.2. The Morgan fingerprint density at radius 1 is 0.767 bits per heavy atom. The maximum absolute atomic E-state index is 12.2. The standard InChI is InChI=1S/C28H46O2/c1-3-5-6-7-8-9-10-11-12-13-14-15-16-17-21-25-28(29)30-27(22-4-2)26-23-19-18-20-24-26/h9-10,18-20,23-24,27H,3-8,11-17,21-22,25H2,1-2H3/b10-9+. The molecule has 2 nitrogen and oxygen atoms in total. The predicted octanol–water partition coefficient (Wildman–Crippen LogP) is 9.11. The van der Waals surface area contributed by atoms with E-state index in [-0.39, 0.29) is 12.1 Å². The Kier molecular flexibility index (Phi) is 17.1. The zero-order valence-corrected chi connectivity index (χ0v) is 19.7. The molecule has 30 heavy (non-hydrogen) atoms. The molecule has 1 aromatic rings. The first-order chi connectivity index (χ1) is 14.8. The fourth-order valence-corrected chi connectivity index (χ4v) is 3.78. The molecule has 170 valence electrons. The van der Waals surface area contributed by atoms with Gasteiger partial charge in [0.25, 0.3) is 0 Å². The van der Waals surface area contributed by atoms with Crippen molar-refractivity contribution < 1.29 is 9.53 Å². The minimum Gasteiger partial charge on any atom is -0.457 e. The van der Waals surface area contributed by atoms with Crippen LogP contribution in [0.15, 0.2) is 42.5 Å². The van der Waals surface area contributed by atoms with E-state index in [9.17, 15) is 4.79 Å². The normalized spacial score (nSPS) is 12.3. The van der Waals surface area contributed by atoms with Gasteiger partial charge in [-0.1, -0.05) is 114 Å². The lowest BCUT2D eigenvalue weighted by atomic mass is 10.0. The first-order valence-corrected chi connectivity index (χ1v) is 12.7. The van der Waals surface area contributed by atoms with Crippen LogP contribution in [-0.2, 0) is 9.53 Å². The molecular formula is C28H46O2. The van der Waals surface area contributed by atoms with Gasteiger partial charge >= 0.3 is 5.97 Å². The molecule has 0 N–H and O–H groups in total. The summed E-state index contributed by atoms with van der Waals surface area (Å²) < 4.78 is 5.75. The van der Waals surface area contributed by atoms with Crippen LogP contribution in [-0.4, -0.2) is 5.97 Å². The molecule has 0 saturated carbocycles. The first-order valence-electron chi connectivity index (χ1n) is 12.7. The average Bonchev–Trinajstić information content (AvgIpc) is 2.76. The van der Waals surface area contributed by atoms with E-state index in [1.165, 1.54) is 70.6 Å². The summed E-state index contributed by atoms with van der Waals surface area (Å²) in [5, 5.41) is 0. The summed E-state index contributed by atoms with van der Waals surface area (Å²) in [7, 11) is 0.